The lowest BCUT2D eigenvalue weighted by Crippen LogP contribution is -2.23. The molecule has 0 radical (unpaired) electrons. The van der Waals surface area contributed by atoms with E-state index in [0.717, 1.165) is 12.8 Å². The summed E-state index contributed by atoms with van der Waals surface area (Å²) in [5.41, 5.74) is 3.83. The first-order valence-electron chi connectivity index (χ1n) is 8.60. The van der Waals surface area contributed by atoms with Gasteiger partial charge in [0.05, 0.1) is 12.7 Å². The number of allylic oxidation sites excluding steroid dienone is 3. The fraction of sp³-hybridized carbons (Fsp3) is 0.429. The van der Waals surface area contributed by atoms with Crippen LogP contribution in [0.25, 0.3) is 0 Å². The van der Waals surface area contributed by atoms with Crippen molar-refractivity contribution in [1.82, 2.24) is 4.90 Å². The van der Waals surface area contributed by atoms with Gasteiger partial charge in [0.1, 0.15) is 0 Å². The molecular formula is C21H27NO3. The lowest BCUT2D eigenvalue weighted by atomic mass is 9.73. The molecule has 2 rings (SSSR count). The molecule has 1 aliphatic rings. The first-order chi connectivity index (χ1) is 11.8. The predicted octanol–water partition coefficient (Wildman–Crippen LogP) is 4.59. The number of hydrogen-bond acceptors (Lipinski definition) is 3. The van der Waals surface area contributed by atoms with Crippen molar-refractivity contribution in [1.29, 1.82) is 0 Å². The Morgan fingerprint density at radius 1 is 1.16 bits per heavy atom. The summed E-state index contributed by atoms with van der Waals surface area (Å²) in [5, 5.41) is 0. The molecule has 0 fully saturated rings. The van der Waals surface area contributed by atoms with Crippen molar-refractivity contribution < 1.29 is 14.3 Å². The Balaban J connectivity index is 2.13. The van der Waals surface area contributed by atoms with E-state index in [1.54, 1.807) is 36.2 Å². The van der Waals surface area contributed by atoms with E-state index in [0.29, 0.717) is 11.1 Å². The maximum atomic E-state index is 12.6. The number of carbonyl (C=O) groups excluding carboxylic acids is 2. The molecule has 0 saturated carbocycles. The maximum Gasteiger partial charge on any atom is 0.337 e. The predicted molar refractivity (Wildman–Crippen MR) is 99.3 cm³/mol. The molecule has 1 aromatic rings. The zero-order valence-electron chi connectivity index (χ0n) is 15.8. The summed E-state index contributed by atoms with van der Waals surface area (Å²) in [7, 11) is 3.09. The molecule has 134 valence electrons. The largest absolute Gasteiger partial charge is 0.465 e. The average molecular weight is 341 g/mol. The van der Waals surface area contributed by atoms with Crippen LogP contribution in [-0.2, 0) is 4.74 Å². The molecule has 0 heterocycles. The molecule has 1 aliphatic carbocycles. The summed E-state index contributed by atoms with van der Waals surface area (Å²) in [4.78, 5) is 25.6. The number of ether oxygens (including phenoxy) is 1. The van der Waals surface area contributed by atoms with E-state index in [1.807, 2.05) is 6.20 Å². The molecule has 4 nitrogen and oxygen atoms in total. The van der Waals surface area contributed by atoms with E-state index in [-0.39, 0.29) is 11.3 Å². The average Bonchev–Trinajstić information content (AvgIpc) is 2.59. The Morgan fingerprint density at radius 2 is 1.76 bits per heavy atom. The number of amides is 1. The van der Waals surface area contributed by atoms with Crippen LogP contribution in [0.1, 0.15) is 60.7 Å². The molecule has 0 aliphatic heterocycles. The topological polar surface area (TPSA) is 46.6 Å². The second-order valence-electron chi connectivity index (χ2n) is 7.23. The lowest BCUT2D eigenvalue weighted by Gasteiger charge is -2.33. The van der Waals surface area contributed by atoms with E-state index < -0.39 is 5.97 Å². The fourth-order valence-corrected chi connectivity index (χ4v) is 3.33. The van der Waals surface area contributed by atoms with Gasteiger partial charge in [-0.2, -0.15) is 0 Å². The van der Waals surface area contributed by atoms with Gasteiger partial charge >= 0.3 is 5.97 Å². The third kappa shape index (κ3) is 4.38. The van der Waals surface area contributed by atoms with Gasteiger partial charge in [0.2, 0.25) is 0 Å². The van der Waals surface area contributed by atoms with Crippen molar-refractivity contribution in [3.8, 4) is 0 Å². The Hall–Kier alpha value is -2.36. The number of nitrogens with zero attached hydrogens (tertiary/aromatic N) is 1. The van der Waals surface area contributed by atoms with E-state index in [4.69, 9.17) is 0 Å². The first kappa shape index (κ1) is 19.0. The lowest BCUT2D eigenvalue weighted by molar-refractivity contribution is 0.0600. The number of rotatable bonds is 4. The summed E-state index contributed by atoms with van der Waals surface area (Å²) >= 11 is 0. The minimum atomic E-state index is -0.408. The Kier molecular flexibility index (Phi) is 5.83. The van der Waals surface area contributed by atoms with Gasteiger partial charge in [-0.05, 0) is 67.5 Å². The van der Waals surface area contributed by atoms with Crippen molar-refractivity contribution in [3.63, 3.8) is 0 Å². The van der Waals surface area contributed by atoms with Crippen LogP contribution in [-0.4, -0.2) is 30.9 Å². The fourth-order valence-electron chi connectivity index (χ4n) is 3.33. The summed E-state index contributed by atoms with van der Waals surface area (Å²) in [5.74, 6) is -0.520. The van der Waals surface area contributed by atoms with Crippen LogP contribution >= 0.6 is 0 Å². The molecule has 1 amide bonds. The van der Waals surface area contributed by atoms with Crippen LogP contribution in [0, 0.1) is 5.41 Å². The van der Waals surface area contributed by atoms with Crippen molar-refractivity contribution in [2.45, 2.75) is 40.0 Å². The molecule has 0 spiro atoms. The van der Waals surface area contributed by atoms with Gasteiger partial charge in [-0.3, -0.25) is 4.79 Å². The number of hydrogen-bond donors (Lipinski definition) is 0. The maximum absolute atomic E-state index is 12.6. The highest BCUT2D eigenvalue weighted by Gasteiger charge is 2.26. The van der Waals surface area contributed by atoms with Gasteiger partial charge in [0.25, 0.3) is 5.91 Å². The molecule has 0 atom stereocenters. The quantitative estimate of drug-likeness (QED) is 0.753. The third-order valence-electron chi connectivity index (χ3n) is 4.88. The minimum Gasteiger partial charge on any atom is -0.465 e. The number of carbonyl (C=O) groups is 2. The summed E-state index contributed by atoms with van der Waals surface area (Å²) < 4.78 is 4.67. The monoisotopic (exact) mass is 341 g/mol. The van der Waals surface area contributed by atoms with E-state index in [2.05, 4.69) is 31.6 Å². The molecule has 4 heteroatoms. The third-order valence-corrected chi connectivity index (χ3v) is 4.88. The molecule has 0 N–H and O–H groups in total. The zero-order chi connectivity index (χ0) is 18.6. The molecule has 0 saturated heterocycles. The number of methoxy groups -OCH3 is 1. The molecular weight excluding hydrogens is 314 g/mol. The molecule has 0 bridgehead atoms. The Morgan fingerprint density at radius 3 is 2.32 bits per heavy atom. The van der Waals surface area contributed by atoms with Crippen molar-refractivity contribution in [3.05, 3.63) is 58.8 Å². The Bertz CT molecular complexity index is 711. The highest BCUT2D eigenvalue weighted by Crippen LogP contribution is 2.40. The van der Waals surface area contributed by atoms with Crippen LogP contribution in [0.4, 0.5) is 0 Å². The summed E-state index contributed by atoms with van der Waals surface area (Å²) in [6, 6.07) is 6.50. The van der Waals surface area contributed by atoms with E-state index in [9.17, 15) is 9.59 Å². The van der Waals surface area contributed by atoms with Gasteiger partial charge in [0.15, 0.2) is 0 Å². The minimum absolute atomic E-state index is 0.112. The standard InChI is InChI=1S/C21H27NO3/c1-15-7-6-13-21(2,3)18(15)12-14-22(4)19(23)16-8-10-17(11-9-16)20(24)25-5/h8-12,14H,6-7,13H2,1-5H3/b14-12+. The van der Waals surface area contributed by atoms with Gasteiger partial charge in [-0.15, -0.1) is 0 Å². The molecule has 0 unspecified atom stereocenters. The van der Waals surface area contributed by atoms with Crippen LogP contribution in [0.2, 0.25) is 0 Å². The summed E-state index contributed by atoms with van der Waals surface area (Å²) in [6.07, 6.45) is 7.40. The second kappa shape index (κ2) is 7.68. The smallest absolute Gasteiger partial charge is 0.337 e. The van der Waals surface area contributed by atoms with Crippen molar-refractivity contribution in [2.75, 3.05) is 14.2 Å². The van der Waals surface area contributed by atoms with Crippen LogP contribution in [0.15, 0.2) is 47.7 Å². The first-order valence-corrected chi connectivity index (χ1v) is 8.60. The number of benzene rings is 1. The Labute approximate surface area is 150 Å². The molecule has 1 aromatic carbocycles. The van der Waals surface area contributed by atoms with Crippen LogP contribution in [0.3, 0.4) is 0 Å². The molecule has 0 aromatic heterocycles. The van der Waals surface area contributed by atoms with Crippen molar-refractivity contribution in [2.24, 2.45) is 5.41 Å². The highest BCUT2D eigenvalue weighted by molar-refractivity contribution is 5.96. The normalized spacial score (nSPS) is 16.8. The summed E-state index contributed by atoms with van der Waals surface area (Å²) in [6.45, 7) is 6.68. The highest BCUT2D eigenvalue weighted by atomic mass is 16.5. The number of esters is 1. The van der Waals surface area contributed by atoms with Crippen LogP contribution < -0.4 is 0 Å². The zero-order valence-corrected chi connectivity index (χ0v) is 15.8. The van der Waals surface area contributed by atoms with E-state index in [1.165, 1.54) is 24.7 Å². The second-order valence-corrected chi connectivity index (χ2v) is 7.23. The van der Waals surface area contributed by atoms with Gasteiger partial charge < -0.3 is 9.64 Å². The van der Waals surface area contributed by atoms with E-state index >= 15 is 0 Å². The van der Waals surface area contributed by atoms with Gasteiger partial charge in [-0.1, -0.05) is 19.4 Å². The SMILES string of the molecule is COC(=O)c1ccc(C(=O)N(C)/C=C/C2=C(C)CCCC2(C)C)cc1. The van der Waals surface area contributed by atoms with Gasteiger partial charge in [0, 0.05) is 18.8 Å². The molecule has 25 heavy (non-hydrogen) atoms. The van der Waals surface area contributed by atoms with Crippen LogP contribution in [0.5, 0.6) is 0 Å². The van der Waals surface area contributed by atoms with Gasteiger partial charge in [-0.25, -0.2) is 4.79 Å². The van der Waals surface area contributed by atoms with Crippen molar-refractivity contribution >= 4 is 11.9 Å².